The van der Waals surface area contributed by atoms with Crippen molar-refractivity contribution in [2.45, 2.75) is 38.1 Å². The molecular formula is C16H24BrClN2O2. The summed E-state index contributed by atoms with van der Waals surface area (Å²) in [5, 5.41) is 0. The molecule has 4 nitrogen and oxygen atoms in total. The molecule has 0 bridgehead atoms. The third-order valence-electron chi connectivity index (χ3n) is 4.06. The second-order valence-corrected chi connectivity index (χ2v) is 6.30. The molecular weight excluding hydrogens is 368 g/mol. The van der Waals surface area contributed by atoms with Crippen LogP contribution in [0.15, 0.2) is 22.7 Å². The number of nitrogens with two attached hydrogens (primary N) is 1. The zero-order valence-electron chi connectivity index (χ0n) is 12.9. The predicted molar refractivity (Wildman–Crippen MR) is 94.7 cm³/mol. The number of likely N-dealkylation sites (tertiary alicyclic amines) is 1. The summed E-state index contributed by atoms with van der Waals surface area (Å²) in [6.45, 7) is 1.42. The third kappa shape index (κ3) is 4.86. The van der Waals surface area contributed by atoms with Gasteiger partial charge in [0.05, 0.1) is 11.6 Å². The first-order valence-corrected chi connectivity index (χ1v) is 8.27. The standard InChI is InChI=1S/C16H23BrN2O2.ClH/c1-21-15-7-5-12(10-14(15)17)6-8-16(20)19-9-3-2-4-13(19)11-18;/h5,7,10,13H,2-4,6,8-9,11,18H2,1H3;1H. The monoisotopic (exact) mass is 390 g/mol. The van der Waals surface area contributed by atoms with Gasteiger partial charge in [0, 0.05) is 25.6 Å². The molecule has 1 aliphatic rings. The van der Waals surface area contributed by atoms with E-state index in [0.29, 0.717) is 13.0 Å². The number of aryl methyl sites for hydroxylation is 1. The Kier molecular flexibility index (Phi) is 8.21. The molecule has 1 fully saturated rings. The molecule has 1 aliphatic heterocycles. The van der Waals surface area contributed by atoms with Crippen LogP contribution in [0.3, 0.4) is 0 Å². The van der Waals surface area contributed by atoms with Gasteiger partial charge in [-0.15, -0.1) is 12.4 Å². The number of carbonyl (C=O) groups is 1. The first-order chi connectivity index (χ1) is 10.2. The summed E-state index contributed by atoms with van der Waals surface area (Å²) in [5.41, 5.74) is 6.91. The molecule has 22 heavy (non-hydrogen) atoms. The Balaban J connectivity index is 0.00000242. The van der Waals surface area contributed by atoms with Crippen molar-refractivity contribution in [1.29, 1.82) is 0 Å². The van der Waals surface area contributed by atoms with Crippen molar-refractivity contribution in [2.24, 2.45) is 5.73 Å². The number of carbonyl (C=O) groups excluding carboxylic acids is 1. The molecule has 0 aliphatic carbocycles. The van der Waals surface area contributed by atoms with E-state index in [1.165, 1.54) is 6.42 Å². The fourth-order valence-electron chi connectivity index (χ4n) is 2.83. The summed E-state index contributed by atoms with van der Waals surface area (Å²) in [6.07, 6.45) is 4.59. The third-order valence-corrected chi connectivity index (χ3v) is 4.68. The molecule has 1 atom stereocenters. The molecule has 1 unspecified atom stereocenters. The summed E-state index contributed by atoms with van der Waals surface area (Å²) < 4.78 is 6.14. The van der Waals surface area contributed by atoms with Gasteiger partial charge >= 0.3 is 0 Å². The van der Waals surface area contributed by atoms with Gasteiger partial charge in [-0.1, -0.05) is 6.07 Å². The second-order valence-electron chi connectivity index (χ2n) is 5.44. The van der Waals surface area contributed by atoms with E-state index >= 15 is 0 Å². The Morgan fingerprint density at radius 3 is 2.86 bits per heavy atom. The fourth-order valence-corrected chi connectivity index (χ4v) is 3.42. The lowest BCUT2D eigenvalue weighted by Crippen LogP contribution is -2.47. The number of rotatable bonds is 5. The van der Waals surface area contributed by atoms with Crippen LogP contribution in [0.25, 0.3) is 0 Å². The largest absolute Gasteiger partial charge is 0.496 e. The molecule has 1 amide bonds. The maximum atomic E-state index is 12.4. The molecule has 1 aromatic rings. The maximum Gasteiger partial charge on any atom is 0.223 e. The van der Waals surface area contributed by atoms with Gasteiger partial charge in [0.2, 0.25) is 5.91 Å². The van der Waals surface area contributed by atoms with Gasteiger partial charge in [-0.3, -0.25) is 4.79 Å². The van der Waals surface area contributed by atoms with Crippen LogP contribution in [0.1, 0.15) is 31.2 Å². The molecule has 0 saturated carbocycles. The summed E-state index contributed by atoms with van der Waals surface area (Å²) in [4.78, 5) is 14.4. The molecule has 124 valence electrons. The number of hydrogen-bond donors (Lipinski definition) is 1. The molecule has 1 saturated heterocycles. The van der Waals surface area contributed by atoms with E-state index in [0.717, 1.165) is 41.6 Å². The molecule has 0 radical (unpaired) electrons. The Bertz CT molecular complexity index is 499. The van der Waals surface area contributed by atoms with E-state index in [9.17, 15) is 4.79 Å². The predicted octanol–water partition coefficient (Wildman–Crippen LogP) is 3.15. The summed E-state index contributed by atoms with van der Waals surface area (Å²) in [5.74, 6) is 1.03. The van der Waals surface area contributed by atoms with Crippen molar-refractivity contribution in [2.75, 3.05) is 20.2 Å². The van der Waals surface area contributed by atoms with Crippen molar-refractivity contribution >= 4 is 34.2 Å². The van der Waals surface area contributed by atoms with Crippen molar-refractivity contribution in [3.8, 4) is 5.75 Å². The Labute approximate surface area is 146 Å². The van der Waals surface area contributed by atoms with E-state index in [1.807, 2.05) is 23.1 Å². The van der Waals surface area contributed by atoms with Gasteiger partial charge < -0.3 is 15.4 Å². The SMILES string of the molecule is COc1ccc(CCC(=O)N2CCCCC2CN)cc1Br.Cl. The summed E-state index contributed by atoms with van der Waals surface area (Å²) in [6, 6.07) is 6.18. The summed E-state index contributed by atoms with van der Waals surface area (Å²) >= 11 is 3.47. The number of ether oxygens (including phenoxy) is 1. The zero-order chi connectivity index (χ0) is 15.2. The van der Waals surface area contributed by atoms with Gasteiger partial charge in [-0.05, 0) is 59.3 Å². The molecule has 0 aromatic heterocycles. The highest BCUT2D eigenvalue weighted by Gasteiger charge is 2.24. The Hall–Kier alpha value is -0.780. The van der Waals surface area contributed by atoms with Crippen LogP contribution < -0.4 is 10.5 Å². The summed E-state index contributed by atoms with van der Waals surface area (Å²) in [7, 11) is 1.65. The minimum absolute atomic E-state index is 0. The van der Waals surface area contributed by atoms with Crippen molar-refractivity contribution < 1.29 is 9.53 Å². The van der Waals surface area contributed by atoms with E-state index in [2.05, 4.69) is 15.9 Å². The van der Waals surface area contributed by atoms with E-state index in [1.54, 1.807) is 7.11 Å². The van der Waals surface area contributed by atoms with E-state index in [-0.39, 0.29) is 24.4 Å². The van der Waals surface area contributed by atoms with Crippen LogP contribution in [0, 0.1) is 0 Å². The highest BCUT2D eigenvalue weighted by molar-refractivity contribution is 9.10. The van der Waals surface area contributed by atoms with Crippen molar-refractivity contribution in [3.05, 3.63) is 28.2 Å². The first-order valence-electron chi connectivity index (χ1n) is 7.47. The Morgan fingerprint density at radius 2 is 2.23 bits per heavy atom. The lowest BCUT2D eigenvalue weighted by Gasteiger charge is -2.35. The number of methoxy groups -OCH3 is 1. The van der Waals surface area contributed by atoms with Gasteiger partial charge in [0.25, 0.3) is 0 Å². The average molecular weight is 392 g/mol. The Morgan fingerprint density at radius 1 is 1.45 bits per heavy atom. The van der Waals surface area contributed by atoms with E-state index < -0.39 is 0 Å². The van der Waals surface area contributed by atoms with Crippen LogP contribution in [0.2, 0.25) is 0 Å². The van der Waals surface area contributed by atoms with E-state index in [4.69, 9.17) is 10.5 Å². The van der Waals surface area contributed by atoms with Gasteiger partial charge in [0.15, 0.2) is 0 Å². The number of piperidine rings is 1. The minimum atomic E-state index is 0. The minimum Gasteiger partial charge on any atom is -0.496 e. The molecule has 1 aromatic carbocycles. The number of benzene rings is 1. The van der Waals surface area contributed by atoms with Crippen LogP contribution in [0.4, 0.5) is 0 Å². The highest BCUT2D eigenvalue weighted by Crippen LogP contribution is 2.26. The molecule has 1 heterocycles. The smallest absolute Gasteiger partial charge is 0.223 e. The highest BCUT2D eigenvalue weighted by atomic mass is 79.9. The number of hydrogen-bond acceptors (Lipinski definition) is 3. The van der Waals surface area contributed by atoms with Crippen LogP contribution in [0.5, 0.6) is 5.75 Å². The fraction of sp³-hybridized carbons (Fsp3) is 0.562. The van der Waals surface area contributed by atoms with Crippen LogP contribution in [-0.4, -0.2) is 37.0 Å². The molecule has 2 rings (SSSR count). The molecule has 0 spiro atoms. The van der Waals surface area contributed by atoms with Crippen molar-refractivity contribution in [1.82, 2.24) is 4.90 Å². The number of halogens is 2. The number of amides is 1. The van der Waals surface area contributed by atoms with Gasteiger partial charge in [0.1, 0.15) is 5.75 Å². The van der Waals surface area contributed by atoms with Crippen molar-refractivity contribution in [3.63, 3.8) is 0 Å². The quantitative estimate of drug-likeness (QED) is 0.839. The topological polar surface area (TPSA) is 55.6 Å². The second kappa shape index (κ2) is 9.38. The molecule has 2 N–H and O–H groups in total. The zero-order valence-corrected chi connectivity index (χ0v) is 15.3. The first kappa shape index (κ1) is 19.3. The number of nitrogens with zero attached hydrogens (tertiary/aromatic N) is 1. The van der Waals surface area contributed by atoms with Crippen LogP contribution in [-0.2, 0) is 11.2 Å². The van der Waals surface area contributed by atoms with Gasteiger partial charge in [-0.2, -0.15) is 0 Å². The van der Waals surface area contributed by atoms with Crippen LogP contribution >= 0.6 is 28.3 Å². The average Bonchev–Trinajstić information content (AvgIpc) is 2.52. The molecule has 6 heteroatoms. The maximum absolute atomic E-state index is 12.4. The normalized spacial score (nSPS) is 17.8. The lowest BCUT2D eigenvalue weighted by molar-refractivity contribution is -0.134. The van der Waals surface area contributed by atoms with Gasteiger partial charge in [-0.25, -0.2) is 0 Å². The lowest BCUT2D eigenvalue weighted by atomic mass is 10.0.